The monoisotopic (exact) mass is 682 g/mol. The van der Waals surface area contributed by atoms with E-state index in [0.717, 1.165) is 16.2 Å². The number of nitrogens with one attached hydrogen (secondary N) is 1. The molecule has 6 aromatic rings. The summed E-state index contributed by atoms with van der Waals surface area (Å²) < 4.78 is 60.9. The number of hydrogen-bond acceptors (Lipinski definition) is 4. The molecule has 240 valence electrons. The molecule has 0 radical (unpaired) electrons. The molecule has 1 aromatic heterocycles. The third kappa shape index (κ3) is 7.16. The highest BCUT2D eigenvalue weighted by Crippen LogP contribution is 2.45. The molecule has 0 aliphatic heterocycles. The topological polar surface area (TPSA) is 74.2 Å². The van der Waals surface area contributed by atoms with Crippen LogP contribution in [0.1, 0.15) is 31.5 Å². The Morgan fingerprint density at radius 2 is 1.30 bits per heavy atom. The molecule has 6 rings (SSSR count). The summed E-state index contributed by atoms with van der Waals surface area (Å²) in [5.41, 5.74) is 2.58. The zero-order valence-electron chi connectivity index (χ0n) is 26.2. The largest absolute Gasteiger partial charge is 0.593 e. The maximum absolute atomic E-state index is 14.5. The van der Waals surface area contributed by atoms with E-state index in [4.69, 9.17) is 0 Å². The van der Waals surface area contributed by atoms with E-state index >= 15 is 0 Å². The van der Waals surface area contributed by atoms with Crippen molar-refractivity contribution < 1.29 is 17.4 Å². The standard InChI is InChI=1S/C38H36FN2O3PS2/c1-38(2,27-26-29-22-24-30(39)25-23-29)46(42)40-37-34-20-12-13-21-35(34)41(47(43,44)33-18-10-5-11-19-33)36(37)28-45(31-14-6-3-7-15-31)32-16-8-4-9-17-32/h3-25,40H,26-28H2,1-2H3. The summed E-state index contributed by atoms with van der Waals surface area (Å²) in [6.45, 7) is 3.86. The Kier molecular flexibility index (Phi) is 9.85. The first-order valence-corrected chi connectivity index (χ1v) is 19.5. The average Bonchev–Trinajstić information content (AvgIpc) is 3.41. The summed E-state index contributed by atoms with van der Waals surface area (Å²) in [6, 6.07) is 42.5. The van der Waals surface area contributed by atoms with Crippen LogP contribution in [0.4, 0.5) is 10.1 Å². The van der Waals surface area contributed by atoms with Gasteiger partial charge in [0.25, 0.3) is 10.0 Å². The summed E-state index contributed by atoms with van der Waals surface area (Å²) in [6.07, 6.45) is 1.57. The van der Waals surface area contributed by atoms with Crippen LogP contribution in [0.25, 0.3) is 10.9 Å². The van der Waals surface area contributed by atoms with Gasteiger partial charge in [-0.1, -0.05) is 109 Å². The second-order valence-corrected chi connectivity index (χ2v) is 17.8. The summed E-state index contributed by atoms with van der Waals surface area (Å²) >= 11 is -1.61. The minimum Gasteiger partial charge on any atom is -0.593 e. The molecule has 1 unspecified atom stereocenters. The maximum Gasteiger partial charge on any atom is 0.268 e. The number of para-hydroxylation sites is 1. The van der Waals surface area contributed by atoms with E-state index < -0.39 is 34.1 Å². The van der Waals surface area contributed by atoms with Gasteiger partial charge in [-0.2, -0.15) is 0 Å². The number of hydrogen-bond donors (Lipinski definition) is 1. The van der Waals surface area contributed by atoms with Crippen molar-refractivity contribution in [2.24, 2.45) is 0 Å². The first kappa shape index (κ1) is 33.0. The normalized spacial score (nSPS) is 12.8. The first-order chi connectivity index (χ1) is 22.6. The molecule has 0 saturated heterocycles. The van der Waals surface area contributed by atoms with Crippen LogP contribution in [0.3, 0.4) is 0 Å². The summed E-state index contributed by atoms with van der Waals surface area (Å²) in [5, 5.41) is 2.89. The van der Waals surface area contributed by atoms with E-state index in [9.17, 15) is 17.4 Å². The highest BCUT2D eigenvalue weighted by atomic mass is 32.2. The Morgan fingerprint density at radius 1 is 0.766 bits per heavy atom. The molecule has 0 fully saturated rings. The average molecular weight is 683 g/mol. The Morgan fingerprint density at radius 3 is 1.89 bits per heavy atom. The van der Waals surface area contributed by atoms with Gasteiger partial charge in [0.15, 0.2) is 0 Å². The van der Waals surface area contributed by atoms with Crippen molar-refractivity contribution in [3.05, 3.63) is 157 Å². The van der Waals surface area contributed by atoms with Gasteiger partial charge in [-0.05, 0) is 74.7 Å². The van der Waals surface area contributed by atoms with Gasteiger partial charge in [0.05, 0.1) is 27.5 Å². The maximum atomic E-state index is 14.5. The molecule has 0 aliphatic carbocycles. The molecular formula is C38H36FN2O3PS2. The smallest absolute Gasteiger partial charge is 0.268 e. The van der Waals surface area contributed by atoms with Crippen LogP contribution in [-0.2, 0) is 34.0 Å². The molecule has 5 nitrogen and oxygen atoms in total. The number of anilines is 1. The van der Waals surface area contributed by atoms with Crippen molar-refractivity contribution >= 4 is 56.5 Å². The Bertz CT molecular complexity index is 2020. The zero-order valence-corrected chi connectivity index (χ0v) is 28.7. The second-order valence-electron chi connectivity index (χ2n) is 11.9. The predicted molar refractivity (Wildman–Crippen MR) is 194 cm³/mol. The molecule has 47 heavy (non-hydrogen) atoms. The summed E-state index contributed by atoms with van der Waals surface area (Å²) in [7, 11) is -5.11. The van der Waals surface area contributed by atoms with Crippen LogP contribution in [0.15, 0.2) is 144 Å². The zero-order chi connectivity index (χ0) is 33.0. The quantitative estimate of drug-likeness (QED) is 0.105. The fourth-order valence-electron chi connectivity index (χ4n) is 5.61. The van der Waals surface area contributed by atoms with Gasteiger partial charge >= 0.3 is 0 Å². The first-order valence-electron chi connectivity index (χ1n) is 15.4. The van der Waals surface area contributed by atoms with Crippen LogP contribution in [0.5, 0.6) is 0 Å². The number of benzene rings is 5. The lowest BCUT2D eigenvalue weighted by atomic mass is 10.0. The number of fused-ring (bicyclic) bond motifs is 1. The third-order valence-corrected chi connectivity index (χ3v) is 14.1. The van der Waals surface area contributed by atoms with Gasteiger partial charge in [0.2, 0.25) is 0 Å². The molecule has 9 heteroatoms. The molecule has 0 aliphatic rings. The Balaban J connectivity index is 1.49. The van der Waals surface area contributed by atoms with Crippen LogP contribution < -0.4 is 15.3 Å². The molecule has 1 N–H and O–H groups in total. The van der Waals surface area contributed by atoms with Gasteiger partial charge in [0, 0.05) is 18.0 Å². The van der Waals surface area contributed by atoms with Crippen LogP contribution in [0.2, 0.25) is 0 Å². The molecule has 0 bridgehead atoms. The Labute approximate surface area is 280 Å². The number of halogens is 1. The fourth-order valence-corrected chi connectivity index (χ4v) is 10.6. The number of nitrogens with zero attached hydrogens (tertiary/aromatic N) is 1. The Hall–Kier alpha value is -3.94. The summed E-state index contributed by atoms with van der Waals surface area (Å²) in [4.78, 5) is 0.179. The van der Waals surface area contributed by atoms with E-state index in [0.29, 0.717) is 41.3 Å². The lowest BCUT2D eigenvalue weighted by Gasteiger charge is -2.29. The van der Waals surface area contributed by atoms with Crippen LogP contribution >= 0.6 is 7.92 Å². The minimum atomic E-state index is -4.05. The van der Waals surface area contributed by atoms with Gasteiger partial charge in [0.1, 0.15) is 16.3 Å². The van der Waals surface area contributed by atoms with Crippen LogP contribution in [-0.4, -0.2) is 21.7 Å². The fraction of sp³-hybridized carbons (Fsp3) is 0.158. The lowest BCUT2D eigenvalue weighted by molar-refractivity contribution is 0.531. The molecule has 0 amide bonds. The van der Waals surface area contributed by atoms with Crippen molar-refractivity contribution in [2.75, 3.05) is 4.72 Å². The predicted octanol–water partition coefficient (Wildman–Crippen LogP) is 8.14. The van der Waals surface area contributed by atoms with Crippen molar-refractivity contribution in [1.82, 2.24) is 3.97 Å². The van der Waals surface area contributed by atoms with E-state index in [2.05, 4.69) is 29.0 Å². The second kappa shape index (κ2) is 14.0. The third-order valence-electron chi connectivity index (χ3n) is 8.28. The number of aryl methyl sites for hydroxylation is 1. The number of rotatable bonds is 12. The van der Waals surface area contributed by atoms with Gasteiger partial charge in [-0.3, -0.25) is 0 Å². The molecule has 5 aromatic carbocycles. The van der Waals surface area contributed by atoms with Gasteiger partial charge < -0.3 is 4.55 Å². The number of aromatic nitrogens is 1. The molecule has 1 heterocycles. The van der Waals surface area contributed by atoms with Crippen LogP contribution in [0, 0.1) is 5.82 Å². The lowest BCUT2D eigenvalue weighted by Crippen LogP contribution is -2.37. The highest BCUT2D eigenvalue weighted by molar-refractivity contribution is 7.94. The molecule has 1 atom stereocenters. The van der Waals surface area contributed by atoms with Gasteiger partial charge in [-0.25, -0.2) is 21.5 Å². The minimum absolute atomic E-state index is 0.179. The highest BCUT2D eigenvalue weighted by Gasteiger charge is 2.36. The molecule has 0 spiro atoms. The van der Waals surface area contributed by atoms with Crippen molar-refractivity contribution in [3.8, 4) is 0 Å². The van der Waals surface area contributed by atoms with Crippen molar-refractivity contribution in [3.63, 3.8) is 0 Å². The van der Waals surface area contributed by atoms with E-state index in [1.807, 2.05) is 68.4 Å². The van der Waals surface area contributed by atoms with E-state index in [1.165, 1.54) is 16.1 Å². The molecular weight excluding hydrogens is 647 g/mol. The SMILES string of the molecule is CC(C)(CCc1ccc(F)cc1)[S+]([O-])Nc1c(CP(c2ccccc2)c2ccccc2)n(S(=O)(=O)c2ccccc2)c2ccccc12. The van der Waals surface area contributed by atoms with E-state index in [1.54, 1.807) is 48.5 Å². The van der Waals surface area contributed by atoms with Gasteiger partial charge in [-0.15, -0.1) is 0 Å². The molecule has 0 saturated carbocycles. The summed E-state index contributed by atoms with van der Waals surface area (Å²) in [5.74, 6) is -0.293. The van der Waals surface area contributed by atoms with Crippen molar-refractivity contribution in [1.29, 1.82) is 0 Å². The van der Waals surface area contributed by atoms with Crippen molar-refractivity contribution in [2.45, 2.75) is 42.5 Å². The van der Waals surface area contributed by atoms with E-state index in [-0.39, 0.29) is 10.7 Å².